The molecule has 1 aliphatic rings. The number of hydrogen-bond acceptors (Lipinski definition) is 4. The van der Waals surface area contributed by atoms with Crippen molar-refractivity contribution in [2.45, 2.75) is 0 Å². The van der Waals surface area contributed by atoms with E-state index in [0.29, 0.717) is 5.90 Å². The summed E-state index contributed by atoms with van der Waals surface area (Å²) in [6, 6.07) is 13.0. The van der Waals surface area contributed by atoms with Crippen molar-refractivity contribution in [2.75, 3.05) is 0 Å². The second kappa shape index (κ2) is 4.86. The Morgan fingerprint density at radius 3 is 2.63 bits per heavy atom. The van der Waals surface area contributed by atoms with E-state index in [-0.39, 0.29) is 5.70 Å². The van der Waals surface area contributed by atoms with Gasteiger partial charge in [0.1, 0.15) is 0 Å². The lowest BCUT2D eigenvalue weighted by molar-refractivity contribution is -0.129. The average molecular weight is 250 g/mol. The van der Waals surface area contributed by atoms with Crippen molar-refractivity contribution in [3.8, 4) is 0 Å². The molecule has 0 bridgehead atoms. The van der Waals surface area contributed by atoms with Gasteiger partial charge in [-0.2, -0.15) is 0 Å². The van der Waals surface area contributed by atoms with Crippen molar-refractivity contribution in [3.05, 3.63) is 71.7 Å². The predicted molar refractivity (Wildman–Crippen MR) is 71.3 cm³/mol. The molecule has 3 rings (SSSR count). The highest BCUT2D eigenvalue weighted by Gasteiger charge is 2.23. The second-order valence-electron chi connectivity index (χ2n) is 3.99. The number of aliphatic imine (C=N–C) groups is 1. The smallest absolute Gasteiger partial charge is 0.363 e. The number of ether oxygens (including phenoxy) is 1. The minimum Gasteiger partial charge on any atom is -0.402 e. The van der Waals surface area contributed by atoms with Crippen LogP contribution in [-0.4, -0.2) is 16.9 Å². The summed E-state index contributed by atoms with van der Waals surface area (Å²) in [4.78, 5) is 19.9. The molecule has 0 atom stereocenters. The van der Waals surface area contributed by atoms with Gasteiger partial charge in [-0.15, -0.1) is 0 Å². The molecule has 1 aromatic carbocycles. The van der Waals surface area contributed by atoms with Crippen molar-refractivity contribution in [2.24, 2.45) is 4.99 Å². The normalized spacial score (nSPS) is 16.3. The second-order valence-corrected chi connectivity index (χ2v) is 3.99. The molecule has 2 aromatic rings. The fourth-order valence-electron chi connectivity index (χ4n) is 1.73. The number of cyclic esters (lactones) is 1. The van der Waals surface area contributed by atoms with Gasteiger partial charge in [-0.1, -0.05) is 24.3 Å². The van der Waals surface area contributed by atoms with Crippen LogP contribution in [0.1, 0.15) is 11.1 Å². The van der Waals surface area contributed by atoms with Crippen LogP contribution >= 0.6 is 0 Å². The maximum atomic E-state index is 11.7. The number of benzene rings is 1. The lowest BCUT2D eigenvalue weighted by atomic mass is 10.2. The Balaban J connectivity index is 1.94. The fourth-order valence-corrected chi connectivity index (χ4v) is 1.73. The Labute approximate surface area is 110 Å². The minimum absolute atomic E-state index is 0.284. The van der Waals surface area contributed by atoms with Gasteiger partial charge in [0.2, 0.25) is 5.90 Å². The van der Waals surface area contributed by atoms with Crippen LogP contribution < -0.4 is 0 Å². The zero-order chi connectivity index (χ0) is 13.1. The van der Waals surface area contributed by atoms with E-state index in [2.05, 4.69) is 9.98 Å². The summed E-state index contributed by atoms with van der Waals surface area (Å²) in [5.41, 5.74) is 1.88. The van der Waals surface area contributed by atoms with Gasteiger partial charge in [0.15, 0.2) is 5.70 Å². The van der Waals surface area contributed by atoms with E-state index >= 15 is 0 Å². The Bertz CT molecular complexity index is 661. The maximum Gasteiger partial charge on any atom is 0.363 e. The Morgan fingerprint density at radius 1 is 1.05 bits per heavy atom. The molecule has 4 heteroatoms. The molecule has 1 aromatic heterocycles. The fraction of sp³-hybridized carbons (Fsp3) is 0. The number of nitrogens with zero attached hydrogens (tertiary/aromatic N) is 2. The molecule has 0 saturated carbocycles. The molecule has 92 valence electrons. The summed E-state index contributed by atoms with van der Waals surface area (Å²) in [5, 5.41) is 0. The highest BCUT2D eigenvalue weighted by atomic mass is 16.6. The zero-order valence-electron chi connectivity index (χ0n) is 9.98. The number of carbonyl (C=O) groups is 1. The number of pyridine rings is 1. The van der Waals surface area contributed by atoms with Gasteiger partial charge in [0, 0.05) is 18.0 Å². The minimum atomic E-state index is -0.442. The van der Waals surface area contributed by atoms with Gasteiger partial charge in [0.05, 0.1) is 0 Å². The maximum absolute atomic E-state index is 11.7. The van der Waals surface area contributed by atoms with Crippen LogP contribution in [0, 0.1) is 0 Å². The number of carbonyl (C=O) groups excluding carboxylic acids is 1. The molecule has 4 nitrogen and oxygen atoms in total. The van der Waals surface area contributed by atoms with Gasteiger partial charge < -0.3 is 4.74 Å². The molecular formula is C15H10N2O2. The van der Waals surface area contributed by atoms with E-state index in [0.717, 1.165) is 11.1 Å². The van der Waals surface area contributed by atoms with Crippen LogP contribution in [0.4, 0.5) is 0 Å². The Morgan fingerprint density at radius 2 is 1.89 bits per heavy atom. The number of aromatic nitrogens is 1. The van der Waals surface area contributed by atoms with E-state index < -0.39 is 5.97 Å². The first-order valence-electron chi connectivity index (χ1n) is 5.81. The van der Waals surface area contributed by atoms with Crippen molar-refractivity contribution >= 4 is 17.9 Å². The van der Waals surface area contributed by atoms with Gasteiger partial charge >= 0.3 is 5.97 Å². The molecule has 0 aliphatic carbocycles. The van der Waals surface area contributed by atoms with Gasteiger partial charge in [-0.25, -0.2) is 9.79 Å². The third-order valence-corrected chi connectivity index (χ3v) is 2.63. The summed E-state index contributed by atoms with van der Waals surface area (Å²) in [6.07, 6.45) is 5.00. The van der Waals surface area contributed by atoms with Crippen LogP contribution in [0.5, 0.6) is 0 Å². The first kappa shape index (κ1) is 11.3. The van der Waals surface area contributed by atoms with Crippen LogP contribution in [0.15, 0.2) is 65.5 Å². The first-order valence-corrected chi connectivity index (χ1v) is 5.81. The monoisotopic (exact) mass is 250 g/mol. The number of hydrogen-bond donors (Lipinski definition) is 0. The molecular weight excluding hydrogens is 240 g/mol. The molecule has 0 saturated heterocycles. The summed E-state index contributed by atoms with van der Waals surface area (Å²) in [7, 11) is 0. The third kappa shape index (κ3) is 2.42. The summed E-state index contributed by atoms with van der Waals surface area (Å²) >= 11 is 0. The van der Waals surface area contributed by atoms with Crippen molar-refractivity contribution in [3.63, 3.8) is 0 Å². The molecule has 0 unspecified atom stereocenters. The van der Waals surface area contributed by atoms with E-state index in [1.165, 1.54) is 0 Å². The van der Waals surface area contributed by atoms with Crippen LogP contribution in [-0.2, 0) is 9.53 Å². The van der Waals surface area contributed by atoms with Crippen molar-refractivity contribution in [1.29, 1.82) is 0 Å². The zero-order valence-corrected chi connectivity index (χ0v) is 9.98. The van der Waals surface area contributed by atoms with E-state index in [1.54, 1.807) is 24.5 Å². The molecule has 0 amide bonds. The van der Waals surface area contributed by atoms with Crippen LogP contribution in [0.25, 0.3) is 6.08 Å². The van der Waals surface area contributed by atoms with E-state index in [9.17, 15) is 4.79 Å². The average Bonchev–Trinajstić information content (AvgIpc) is 2.82. The van der Waals surface area contributed by atoms with Crippen molar-refractivity contribution < 1.29 is 9.53 Å². The first-order chi connectivity index (χ1) is 9.33. The largest absolute Gasteiger partial charge is 0.402 e. The topological polar surface area (TPSA) is 51.5 Å². The summed E-state index contributed by atoms with van der Waals surface area (Å²) < 4.78 is 5.15. The number of esters is 1. The van der Waals surface area contributed by atoms with Gasteiger partial charge in [-0.05, 0) is 29.8 Å². The van der Waals surface area contributed by atoms with Gasteiger partial charge in [0.25, 0.3) is 0 Å². The Kier molecular flexibility index (Phi) is 2.90. The molecule has 0 radical (unpaired) electrons. The highest BCUT2D eigenvalue weighted by Crippen LogP contribution is 2.18. The number of rotatable bonds is 2. The molecule has 2 heterocycles. The predicted octanol–water partition coefficient (Wildman–Crippen LogP) is 2.43. The summed E-state index contributed by atoms with van der Waals surface area (Å²) in [5.74, 6) is -0.108. The summed E-state index contributed by atoms with van der Waals surface area (Å²) in [6.45, 7) is 0. The van der Waals surface area contributed by atoms with E-state index in [4.69, 9.17) is 4.74 Å². The Hall–Kier alpha value is -2.75. The van der Waals surface area contributed by atoms with Gasteiger partial charge in [-0.3, -0.25) is 4.98 Å². The molecule has 1 aliphatic heterocycles. The molecule has 19 heavy (non-hydrogen) atoms. The lowest BCUT2D eigenvalue weighted by Gasteiger charge is -1.97. The highest BCUT2D eigenvalue weighted by molar-refractivity contribution is 6.12. The molecule has 0 spiro atoms. The SMILES string of the molecule is O=C1OC(c2ccccc2)=N/C1=C/c1cccnc1. The van der Waals surface area contributed by atoms with E-state index in [1.807, 2.05) is 36.4 Å². The molecule has 0 fully saturated rings. The third-order valence-electron chi connectivity index (χ3n) is 2.63. The van der Waals surface area contributed by atoms with Crippen molar-refractivity contribution in [1.82, 2.24) is 4.98 Å². The lowest BCUT2D eigenvalue weighted by Crippen LogP contribution is -2.04. The van der Waals surface area contributed by atoms with Crippen LogP contribution in [0.3, 0.4) is 0 Å². The molecule has 0 N–H and O–H groups in total. The van der Waals surface area contributed by atoms with Crippen LogP contribution in [0.2, 0.25) is 0 Å². The quantitative estimate of drug-likeness (QED) is 0.607. The standard InChI is InChI=1S/C15H10N2O2/c18-15-13(9-11-5-4-8-16-10-11)17-14(19-15)12-6-2-1-3-7-12/h1-10H/b13-9+.